The zero-order valence-corrected chi connectivity index (χ0v) is 12.5. The van der Waals surface area contributed by atoms with Gasteiger partial charge in [0.1, 0.15) is 0 Å². The van der Waals surface area contributed by atoms with Crippen molar-refractivity contribution in [3.8, 4) is 0 Å². The maximum atomic E-state index is 12.3. The number of likely N-dealkylation sites (tertiary alicyclic amines) is 1. The van der Waals surface area contributed by atoms with Gasteiger partial charge in [-0.25, -0.2) is 0 Å². The lowest BCUT2D eigenvalue weighted by molar-refractivity contribution is -0.132. The third-order valence-corrected chi connectivity index (χ3v) is 4.99. The molecule has 1 aromatic heterocycles. The predicted octanol–water partition coefficient (Wildman–Crippen LogP) is 2.54. The molecule has 1 amide bonds. The predicted molar refractivity (Wildman–Crippen MR) is 74.7 cm³/mol. The second kappa shape index (κ2) is 5.87. The second-order valence-electron chi connectivity index (χ2n) is 5.30. The van der Waals surface area contributed by atoms with E-state index in [1.54, 1.807) is 0 Å². The summed E-state index contributed by atoms with van der Waals surface area (Å²) in [7, 11) is 0. The number of alkyl halides is 1. The van der Waals surface area contributed by atoms with Crippen LogP contribution in [0.1, 0.15) is 38.2 Å². The van der Waals surface area contributed by atoms with Crippen molar-refractivity contribution in [2.45, 2.75) is 37.4 Å². The van der Waals surface area contributed by atoms with Gasteiger partial charge in [0.15, 0.2) is 0 Å². The third kappa shape index (κ3) is 2.94. The highest BCUT2D eigenvalue weighted by Gasteiger charge is 2.29. The number of nitrogens with zero attached hydrogens (tertiary/aromatic N) is 2. The zero-order valence-electron chi connectivity index (χ0n) is 10.9. The topological polar surface area (TPSA) is 49.0 Å². The van der Waals surface area contributed by atoms with E-state index >= 15 is 0 Å². The molecule has 1 fully saturated rings. The number of hydrogen-bond donors (Lipinski definition) is 1. The van der Waals surface area contributed by atoms with Gasteiger partial charge >= 0.3 is 0 Å². The smallest absolute Gasteiger partial charge is 0.236 e. The number of halogens is 1. The highest BCUT2D eigenvalue weighted by molar-refractivity contribution is 9.10. The molecule has 4 nitrogen and oxygen atoms in total. The van der Waals surface area contributed by atoms with Crippen LogP contribution in [-0.4, -0.2) is 38.9 Å². The summed E-state index contributed by atoms with van der Waals surface area (Å²) in [5.41, 5.74) is 1.21. The number of piperidine rings is 1. The van der Waals surface area contributed by atoms with Gasteiger partial charge in [-0.2, -0.15) is 5.10 Å². The van der Waals surface area contributed by atoms with Crippen LogP contribution in [-0.2, 0) is 4.79 Å². The summed E-state index contributed by atoms with van der Waals surface area (Å²) in [5.74, 6) is 0.971. The molecular weight excluding hydrogens is 294 g/mol. The van der Waals surface area contributed by atoms with Gasteiger partial charge in [-0.1, -0.05) is 29.8 Å². The molecule has 0 aromatic carbocycles. The fourth-order valence-corrected chi connectivity index (χ4v) is 2.68. The molecule has 2 atom stereocenters. The fourth-order valence-electron chi connectivity index (χ4n) is 2.39. The van der Waals surface area contributed by atoms with Crippen molar-refractivity contribution >= 4 is 21.8 Å². The van der Waals surface area contributed by atoms with Crippen LogP contribution < -0.4 is 0 Å². The molecule has 100 valence electrons. The molecule has 0 aliphatic carbocycles. The lowest BCUT2D eigenvalue weighted by Crippen LogP contribution is -2.44. The molecule has 0 radical (unpaired) electrons. The molecular formula is C13H20BrN3O. The van der Waals surface area contributed by atoms with Crippen molar-refractivity contribution in [1.29, 1.82) is 0 Å². The van der Waals surface area contributed by atoms with Crippen LogP contribution in [0.3, 0.4) is 0 Å². The van der Waals surface area contributed by atoms with Gasteiger partial charge in [-0.3, -0.25) is 9.89 Å². The van der Waals surface area contributed by atoms with Crippen molar-refractivity contribution < 1.29 is 4.79 Å². The van der Waals surface area contributed by atoms with E-state index in [9.17, 15) is 4.79 Å². The number of aromatic amines is 1. The van der Waals surface area contributed by atoms with Crippen LogP contribution in [0.15, 0.2) is 12.4 Å². The van der Waals surface area contributed by atoms with Crippen molar-refractivity contribution in [2.24, 2.45) is 5.92 Å². The Kier molecular flexibility index (Phi) is 4.43. The lowest BCUT2D eigenvalue weighted by Gasteiger charge is -2.34. The highest BCUT2D eigenvalue weighted by Crippen LogP contribution is 2.27. The number of amides is 1. The maximum Gasteiger partial charge on any atom is 0.236 e. The minimum absolute atomic E-state index is 0.0689. The Morgan fingerprint density at radius 2 is 2.39 bits per heavy atom. The van der Waals surface area contributed by atoms with Gasteiger partial charge < -0.3 is 4.90 Å². The number of nitrogens with one attached hydrogen (secondary N) is 1. The van der Waals surface area contributed by atoms with Crippen LogP contribution in [0.4, 0.5) is 0 Å². The fraction of sp³-hybridized carbons (Fsp3) is 0.692. The molecule has 1 aliphatic rings. The summed E-state index contributed by atoms with van der Waals surface area (Å²) in [4.78, 5) is 14.2. The quantitative estimate of drug-likeness (QED) is 0.872. The Balaban J connectivity index is 2.01. The van der Waals surface area contributed by atoms with Crippen LogP contribution in [0.2, 0.25) is 0 Å². The van der Waals surface area contributed by atoms with E-state index in [0.717, 1.165) is 25.9 Å². The summed E-state index contributed by atoms with van der Waals surface area (Å²) in [6, 6.07) is 0. The summed E-state index contributed by atoms with van der Waals surface area (Å²) in [6.07, 6.45) is 6.01. The third-order valence-electron chi connectivity index (χ3n) is 3.55. The Hall–Kier alpha value is -0.840. The van der Waals surface area contributed by atoms with Gasteiger partial charge in [0.25, 0.3) is 0 Å². The minimum Gasteiger partial charge on any atom is -0.341 e. The van der Waals surface area contributed by atoms with Crippen LogP contribution in [0, 0.1) is 5.92 Å². The van der Waals surface area contributed by atoms with E-state index in [1.807, 2.05) is 17.3 Å². The highest BCUT2D eigenvalue weighted by atomic mass is 79.9. The van der Waals surface area contributed by atoms with Crippen LogP contribution >= 0.6 is 15.9 Å². The van der Waals surface area contributed by atoms with Gasteiger partial charge in [-0.15, -0.1) is 0 Å². The standard InChI is InChI=1S/C13H20BrN3O/c1-9(2)12(14)13(18)17-5-3-4-10(8-17)11-6-15-16-7-11/h6-7,9-10,12H,3-5,8H2,1-2H3,(H,15,16)/t10-,12-/m0/s1. The number of H-pyrrole nitrogens is 1. The molecule has 1 saturated heterocycles. The molecule has 2 heterocycles. The van der Waals surface area contributed by atoms with E-state index in [4.69, 9.17) is 0 Å². The Morgan fingerprint density at radius 3 is 3.00 bits per heavy atom. The zero-order chi connectivity index (χ0) is 13.1. The van der Waals surface area contributed by atoms with Gasteiger partial charge in [0, 0.05) is 25.2 Å². The molecule has 0 spiro atoms. The first-order chi connectivity index (χ1) is 8.59. The van der Waals surface area contributed by atoms with Crippen LogP contribution in [0.25, 0.3) is 0 Å². The normalized spacial score (nSPS) is 22.2. The molecule has 1 aliphatic heterocycles. The summed E-state index contributed by atoms with van der Waals surface area (Å²) in [5, 5.41) is 6.84. The van der Waals surface area contributed by atoms with E-state index in [0.29, 0.717) is 11.8 Å². The van der Waals surface area contributed by atoms with Crippen molar-refractivity contribution in [1.82, 2.24) is 15.1 Å². The van der Waals surface area contributed by atoms with Crippen molar-refractivity contribution in [3.63, 3.8) is 0 Å². The first-order valence-corrected chi connectivity index (χ1v) is 7.42. The van der Waals surface area contributed by atoms with E-state index < -0.39 is 0 Å². The molecule has 18 heavy (non-hydrogen) atoms. The summed E-state index contributed by atoms with van der Waals surface area (Å²) >= 11 is 3.50. The van der Waals surface area contributed by atoms with Gasteiger partial charge in [0.05, 0.1) is 11.0 Å². The van der Waals surface area contributed by atoms with E-state index in [-0.39, 0.29) is 10.7 Å². The average Bonchev–Trinajstić information content (AvgIpc) is 2.91. The average molecular weight is 314 g/mol. The molecule has 0 saturated carbocycles. The first kappa shape index (κ1) is 13.6. The molecule has 5 heteroatoms. The van der Waals surface area contributed by atoms with Crippen molar-refractivity contribution in [3.05, 3.63) is 18.0 Å². The number of rotatable bonds is 3. The lowest BCUT2D eigenvalue weighted by atomic mass is 9.92. The van der Waals surface area contributed by atoms with Gasteiger partial charge in [0.2, 0.25) is 5.91 Å². The summed E-state index contributed by atoms with van der Waals surface area (Å²) < 4.78 is 0. The molecule has 1 N–H and O–H groups in total. The Labute approximate surface area is 116 Å². The number of carbonyl (C=O) groups is 1. The van der Waals surface area contributed by atoms with Crippen molar-refractivity contribution in [2.75, 3.05) is 13.1 Å². The second-order valence-corrected chi connectivity index (χ2v) is 6.29. The Bertz CT molecular complexity index is 391. The van der Waals surface area contributed by atoms with E-state index in [1.165, 1.54) is 5.56 Å². The molecule has 2 rings (SSSR count). The van der Waals surface area contributed by atoms with E-state index in [2.05, 4.69) is 40.0 Å². The first-order valence-electron chi connectivity index (χ1n) is 6.51. The monoisotopic (exact) mass is 313 g/mol. The summed E-state index contributed by atoms with van der Waals surface area (Å²) in [6.45, 7) is 5.82. The SMILES string of the molecule is CC(C)[C@H](Br)C(=O)N1CCC[C@H](c2cn[nH]c2)C1. The van der Waals surface area contributed by atoms with Crippen LogP contribution in [0.5, 0.6) is 0 Å². The van der Waals surface area contributed by atoms with Gasteiger partial charge in [-0.05, 0) is 24.3 Å². The maximum absolute atomic E-state index is 12.3. The molecule has 0 unspecified atom stereocenters. The number of carbonyl (C=O) groups excluding carboxylic acids is 1. The number of hydrogen-bond acceptors (Lipinski definition) is 2. The largest absolute Gasteiger partial charge is 0.341 e. The molecule has 0 bridgehead atoms. The minimum atomic E-state index is -0.0689. The Morgan fingerprint density at radius 1 is 1.61 bits per heavy atom. The molecule has 1 aromatic rings. The number of aromatic nitrogens is 2.